The van der Waals surface area contributed by atoms with E-state index in [1.165, 1.54) is 19.3 Å². The number of carbonyl (C=O) groups excluding carboxylic acids is 1. The van der Waals surface area contributed by atoms with Gasteiger partial charge in [-0.3, -0.25) is 3.53 Å². The van der Waals surface area contributed by atoms with Crippen LogP contribution >= 0.6 is 22.9 Å². The molecule has 0 atom stereocenters. The van der Waals surface area contributed by atoms with Crippen molar-refractivity contribution in [3.05, 3.63) is 0 Å². The molecule has 1 amide bonds. The van der Waals surface area contributed by atoms with Gasteiger partial charge in [0, 0.05) is 0 Å². The third kappa shape index (κ3) is 3.27. The third-order valence-electron chi connectivity index (χ3n) is 1.90. The number of ether oxygens (including phenoxy) is 1. The number of nitrogens with one attached hydrogen (secondary N) is 1. The average Bonchev–Trinajstić information content (AvgIpc) is 2.06. The van der Waals surface area contributed by atoms with Crippen LogP contribution in [0.5, 0.6) is 0 Å². The van der Waals surface area contributed by atoms with Gasteiger partial charge in [-0.15, -0.1) is 0 Å². The van der Waals surface area contributed by atoms with Gasteiger partial charge in [-0.05, 0) is 25.7 Å². The zero-order chi connectivity index (χ0) is 8.10. The minimum atomic E-state index is -0.308. The molecule has 1 saturated carbocycles. The second kappa shape index (κ2) is 4.79. The number of amides is 1. The van der Waals surface area contributed by atoms with E-state index in [4.69, 9.17) is 4.74 Å². The smallest absolute Gasteiger partial charge is 0.416 e. The summed E-state index contributed by atoms with van der Waals surface area (Å²) >= 11 is 1.79. The van der Waals surface area contributed by atoms with Crippen molar-refractivity contribution in [2.24, 2.45) is 0 Å². The Morgan fingerprint density at radius 2 is 2.00 bits per heavy atom. The molecule has 64 valence electrons. The maximum atomic E-state index is 10.7. The quantitative estimate of drug-likeness (QED) is 0.586. The normalized spacial score (nSPS) is 19.4. The van der Waals surface area contributed by atoms with Gasteiger partial charge in [0.05, 0.1) is 22.9 Å². The van der Waals surface area contributed by atoms with Crippen LogP contribution in [0.1, 0.15) is 32.1 Å². The molecule has 1 fully saturated rings. The van der Waals surface area contributed by atoms with E-state index in [1.807, 2.05) is 0 Å². The molecule has 1 rings (SSSR count). The minimum Gasteiger partial charge on any atom is -0.446 e. The molecular weight excluding hydrogens is 257 g/mol. The zero-order valence-corrected chi connectivity index (χ0v) is 8.46. The molecule has 0 saturated heterocycles. The van der Waals surface area contributed by atoms with Crippen LogP contribution in [-0.2, 0) is 4.74 Å². The van der Waals surface area contributed by atoms with Crippen LogP contribution in [0.2, 0.25) is 0 Å². The van der Waals surface area contributed by atoms with E-state index in [0.29, 0.717) is 0 Å². The fraction of sp³-hybridized carbons (Fsp3) is 0.857. The molecule has 1 aliphatic rings. The van der Waals surface area contributed by atoms with Crippen LogP contribution in [-0.4, -0.2) is 12.2 Å². The summed E-state index contributed by atoms with van der Waals surface area (Å²) in [6.45, 7) is 0. The largest absolute Gasteiger partial charge is 0.446 e. The Labute approximate surface area is 80.4 Å². The van der Waals surface area contributed by atoms with Gasteiger partial charge in [-0.1, -0.05) is 6.42 Å². The Morgan fingerprint density at radius 3 is 2.55 bits per heavy atom. The molecule has 0 unspecified atom stereocenters. The van der Waals surface area contributed by atoms with Crippen molar-refractivity contribution in [1.29, 1.82) is 0 Å². The first kappa shape index (κ1) is 9.09. The number of rotatable bonds is 1. The second-order valence-electron chi connectivity index (χ2n) is 2.76. The summed E-state index contributed by atoms with van der Waals surface area (Å²) in [5.74, 6) is 0. The molecule has 3 nitrogen and oxygen atoms in total. The summed E-state index contributed by atoms with van der Waals surface area (Å²) in [5.41, 5.74) is 0. The van der Waals surface area contributed by atoms with E-state index < -0.39 is 0 Å². The summed E-state index contributed by atoms with van der Waals surface area (Å²) in [6.07, 6.45) is 5.59. The highest BCUT2D eigenvalue weighted by Crippen LogP contribution is 2.20. The third-order valence-corrected chi connectivity index (χ3v) is 2.34. The van der Waals surface area contributed by atoms with Crippen LogP contribution in [0.25, 0.3) is 0 Å². The maximum absolute atomic E-state index is 10.7. The van der Waals surface area contributed by atoms with Gasteiger partial charge < -0.3 is 4.74 Å². The Kier molecular flexibility index (Phi) is 3.96. The minimum absolute atomic E-state index is 0.165. The first-order chi connectivity index (χ1) is 5.33. The Balaban J connectivity index is 2.19. The number of carbonyl (C=O) groups is 1. The first-order valence-electron chi connectivity index (χ1n) is 3.90. The molecule has 1 N–H and O–H groups in total. The summed E-state index contributed by atoms with van der Waals surface area (Å²) in [5, 5.41) is 0. The van der Waals surface area contributed by atoms with Crippen LogP contribution in [0.15, 0.2) is 0 Å². The Bertz CT molecular complexity index is 134. The second-order valence-corrected chi connectivity index (χ2v) is 3.30. The van der Waals surface area contributed by atoms with Crippen molar-refractivity contribution >= 4 is 29.0 Å². The summed E-state index contributed by atoms with van der Waals surface area (Å²) in [4.78, 5) is 10.7. The van der Waals surface area contributed by atoms with Crippen LogP contribution in [0.3, 0.4) is 0 Å². The first-order valence-corrected chi connectivity index (χ1v) is 4.98. The van der Waals surface area contributed by atoms with Crippen molar-refractivity contribution in [1.82, 2.24) is 3.53 Å². The molecule has 0 aromatic heterocycles. The summed E-state index contributed by atoms with van der Waals surface area (Å²) in [7, 11) is 0. The topological polar surface area (TPSA) is 38.3 Å². The molecule has 11 heavy (non-hydrogen) atoms. The molecule has 0 radical (unpaired) electrons. The maximum Gasteiger partial charge on any atom is 0.416 e. The molecule has 0 spiro atoms. The van der Waals surface area contributed by atoms with Crippen LogP contribution in [0, 0.1) is 0 Å². The lowest BCUT2D eigenvalue weighted by Crippen LogP contribution is -2.24. The Hall–Kier alpha value is -0.0000000000000000555. The van der Waals surface area contributed by atoms with E-state index >= 15 is 0 Å². The molecule has 0 heterocycles. The molecule has 0 aromatic rings. The predicted octanol–water partition coefficient (Wildman–Crippen LogP) is 2.40. The molecule has 0 aliphatic heterocycles. The highest BCUT2D eigenvalue weighted by atomic mass is 127. The van der Waals surface area contributed by atoms with Crippen molar-refractivity contribution < 1.29 is 9.53 Å². The van der Waals surface area contributed by atoms with E-state index in [9.17, 15) is 4.79 Å². The van der Waals surface area contributed by atoms with Crippen LogP contribution in [0.4, 0.5) is 4.79 Å². The van der Waals surface area contributed by atoms with Crippen molar-refractivity contribution in [2.75, 3.05) is 0 Å². The van der Waals surface area contributed by atoms with Crippen LogP contribution < -0.4 is 3.53 Å². The zero-order valence-electron chi connectivity index (χ0n) is 6.31. The fourth-order valence-electron chi connectivity index (χ4n) is 1.36. The standard InChI is InChI=1S/C7H12INO2/c8-9-7(10)11-6-4-2-1-3-5-6/h6H,1-5H2,(H,9,10). The fourth-order valence-corrected chi connectivity index (χ4v) is 1.48. The van der Waals surface area contributed by atoms with Gasteiger partial charge in [-0.25, -0.2) is 4.79 Å². The monoisotopic (exact) mass is 269 g/mol. The molecule has 0 bridgehead atoms. The predicted molar refractivity (Wildman–Crippen MR) is 50.5 cm³/mol. The van der Waals surface area contributed by atoms with E-state index in [0.717, 1.165) is 12.8 Å². The lowest BCUT2D eigenvalue weighted by Gasteiger charge is -2.20. The van der Waals surface area contributed by atoms with Gasteiger partial charge in [0.15, 0.2) is 0 Å². The van der Waals surface area contributed by atoms with Gasteiger partial charge in [0.2, 0.25) is 0 Å². The van der Waals surface area contributed by atoms with Crippen molar-refractivity contribution in [2.45, 2.75) is 38.2 Å². The summed E-state index contributed by atoms with van der Waals surface area (Å²) in [6, 6.07) is 0. The van der Waals surface area contributed by atoms with E-state index in [-0.39, 0.29) is 12.2 Å². The molecule has 0 aromatic carbocycles. The molecule has 4 heteroatoms. The highest BCUT2D eigenvalue weighted by molar-refractivity contribution is 14.1. The van der Waals surface area contributed by atoms with Gasteiger partial charge in [-0.2, -0.15) is 0 Å². The SMILES string of the molecule is O=C(NI)OC1CCCCC1. The van der Waals surface area contributed by atoms with Gasteiger partial charge in [0.1, 0.15) is 6.10 Å². The molecule has 1 aliphatic carbocycles. The van der Waals surface area contributed by atoms with E-state index in [1.54, 1.807) is 22.9 Å². The van der Waals surface area contributed by atoms with Crippen molar-refractivity contribution in [3.8, 4) is 0 Å². The van der Waals surface area contributed by atoms with Gasteiger partial charge >= 0.3 is 6.09 Å². The van der Waals surface area contributed by atoms with Gasteiger partial charge in [0.25, 0.3) is 0 Å². The molecular formula is C7H12INO2. The number of hydrogen-bond donors (Lipinski definition) is 1. The summed E-state index contributed by atoms with van der Waals surface area (Å²) < 4.78 is 7.50. The highest BCUT2D eigenvalue weighted by Gasteiger charge is 2.16. The lowest BCUT2D eigenvalue weighted by molar-refractivity contribution is 0.0811. The van der Waals surface area contributed by atoms with Crippen molar-refractivity contribution in [3.63, 3.8) is 0 Å². The van der Waals surface area contributed by atoms with E-state index in [2.05, 4.69) is 3.53 Å². The number of hydrogen-bond acceptors (Lipinski definition) is 2. The lowest BCUT2D eigenvalue weighted by atomic mass is 9.98. The number of halogens is 1. The average molecular weight is 269 g/mol. The Morgan fingerprint density at radius 1 is 1.36 bits per heavy atom.